The van der Waals surface area contributed by atoms with Crippen LogP contribution < -0.4 is 11.1 Å². The summed E-state index contributed by atoms with van der Waals surface area (Å²) >= 11 is 0. The lowest BCUT2D eigenvalue weighted by molar-refractivity contribution is -0.121. The first kappa shape index (κ1) is 17.2. The van der Waals surface area contributed by atoms with Crippen LogP contribution in [-0.2, 0) is 4.79 Å². The third-order valence-electron chi connectivity index (χ3n) is 4.55. The van der Waals surface area contributed by atoms with Gasteiger partial charge in [-0.05, 0) is 50.2 Å². The van der Waals surface area contributed by atoms with Gasteiger partial charge in [-0.25, -0.2) is 0 Å². The molecule has 20 heavy (non-hydrogen) atoms. The Morgan fingerprint density at radius 2 is 2.05 bits per heavy atom. The molecule has 2 bridgehead atoms. The van der Waals surface area contributed by atoms with Crippen LogP contribution in [-0.4, -0.2) is 16.9 Å². The quantitative estimate of drug-likeness (QED) is 0.880. The van der Waals surface area contributed by atoms with Gasteiger partial charge in [0.05, 0.1) is 17.3 Å². The fourth-order valence-electron chi connectivity index (χ4n) is 3.56. The molecule has 1 aromatic rings. The van der Waals surface area contributed by atoms with Crippen molar-refractivity contribution in [3.8, 4) is 0 Å². The standard InChI is InChI=1S/C14H19N3O.2ClH/c1-8-11(3-2-6-16-8)17-14(18)12-9-4-5-10(7-9)13(12)15;;/h2-3,6,9-10,12-13H,4-5,7,15H2,1H3,(H,17,18);2*1H. The second-order valence-electron chi connectivity index (χ2n) is 5.56. The maximum atomic E-state index is 12.3. The zero-order valence-corrected chi connectivity index (χ0v) is 13.0. The van der Waals surface area contributed by atoms with Crippen molar-refractivity contribution in [3.05, 3.63) is 24.0 Å². The average molecular weight is 318 g/mol. The Labute approximate surface area is 131 Å². The van der Waals surface area contributed by atoms with E-state index in [0.29, 0.717) is 11.8 Å². The van der Waals surface area contributed by atoms with Gasteiger partial charge in [0.1, 0.15) is 0 Å². The van der Waals surface area contributed by atoms with E-state index >= 15 is 0 Å². The molecule has 0 radical (unpaired) electrons. The van der Waals surface area contributed by atoms with Crippen molar-refractivity contribution in [2.45, 2.75) is 32.2 Å². The van der Waals surface area contributed by atoms with Gasteiger partial charge in [0, 0.05) is 12.2 Å². The Morgan fingerprint density at radius 3 is 2.65 bits per heavy atom. The van der Waals surface area contributed by atoms with Gasteiger partial charge in [0.25, 0.3) is 0 Å². The van der Waals surface area contributed by atoms with Crippen molar-refractivity contribution in [2.24, 2.45) is 23.5 Å². The highest BCUT2D eigenvalue weighted by Gasteiger charge is 2.49. The molecule has 0 aliphatic heterocycles. The predicted molar refractivity (Wildman–Crippen MR) is 84.4 cm³/mol. The van der Waals surface area contributed by atoms with E-state index in [-0.39, 0.29) is 42.7 Å². The highest BCUT2D eigenvalue weighted by Crippen LogP contribution is 2.47. The van der Waals surface area contributed by atoms with Crippen LogP contribution in [0.4, 0.5) is 5.69 Å². The number of fused-ring (bicyclic) bond motifs is 2. The molecule has 1 amide bonds. The molecule has 1 aromatic heterocycles. The molecule has 4 nitrogen and oxygen atoms in total. The summed E-state index contributed by atoms with van der Waals surface area (Å²) in [7, 11) is 0. The van der Waals surface area contributed by atoms with Gasteiger partial charge in [-0.3, -0.25) is 9.78 Å². The molecule has 3 rings (SSSR count). The number of aromatic nitrogens is 1. The molecule has 2 aliphatic carbocycles. The van der Waals surface area contributed by atoms with Gasteiger partial charge in [-0.2, -0.15) is 0 Å². The van der Waals surface area contributed by atoms with E-state index in [1.54, 1.807) is 6.20 Å². The number of amides is 1. The SMILES string of the molecule is Cc1ncccc1NC(=O)C1C2CCC(C2)C1N.Cl.Cl. The topological polar surface area (TPSA) is 68.0 Å². The average Bonchev–Trinajstić information content (AvgIpc) is 2.92. The molecule has 1 heterocycles. The Balaban J connectivity index is 0.000001000. The van der Waals surface area contributed by atoms with E-state index in [1.165, 1.54) is 6.42 Å². The van der Waals surface area contributed by atoms with Gasteiger partial charge in [-0.15, -0.1) is 24.8 Å². The third-order valence-corrected chi connectivity index (χ3v) is 4.55. The van der Waals surface area contributed by atoms with Crippen molar-refractivity contribution < 1.29 is 4.79 Å². The fourth-order valence-corrected chi connectivity index (χ4v) is 3.56. The number of nitrogens with one attached hydrogen (secondary N) is 1. The van der Waals surface area contributed by atoms with E-state index in [4.69, 9.17) is 5.73 Å². The van der Waals surface area contributed by atoms with Gasteiger partial charge < -0.3 is 11.1 Å². The summed E-state index contributed by atoms with van der Waals surface area (Å²) in [5.41, 5.74) is 7.83. The normalized spacial score (nSPS) is 30.3. The number of rotatable bonds is 2. The van der Waals surface area contributed by atoms with Crippen LogP contribution in [0.15, 0.2) is 18.3 Å². The Bertz CT molecular complexity index is 481. The summed E-state index contributed by atoms with van der Waals surface area (Å²) < 4.78 is 0. The van der Waals surface area contributed by atoms with Crippen molar-refractivity contribution in [2.75, 3.05) is 5.32 Å². The lowest BCUT2D eigenvalue weighted by Gasteiger charge is -2.27. The van der Waals surface area contributed by atoms with Crippen LogP contribution in [0.1, 0.15) is 25.0 Å². The Morgan fingerprint density at radius 1 is 1.35 bits per heavy atom. The fraction of sp³-hybridized carbons (Fsp3) is 0.571. The minimum absolute atomic E-state index is 0. The third kappa shape index (κ3) is 2.92. The number of hydrogen-bond donors (Lipinski definition) is 2. The van der Waals surface area contributed by atoms with Crippen molar-refractivity contribution in [1.29, 1.82) is 0 Å². The zero-order valence-electron chi connectivity index (χ0n) is 11.4. The number of carbonyl (C=O) groups is 1. The number of carbonyl (C=O) groups excluding carboxylic acids is 1. The largest absolute Gasteiger partial charge is 0.327 e. The highest BCUT2D eigenvalue weighted by molar-refractivity contribution is 5.94. The molecule has 4 atom stereocenters. The van der Waals surface area contributed by atoms with E-state index in [9.17, 15) is 4.79 Å². The molecule has 2 aliphatic rings. The number of hydrogen-bond acceptors (Lipinski definition) is 3. The molecule has 6 heteroatoms. The van der Waals surface area contributed by atoms with Gasteiger partial charge in [0.15, 0.2) is 0 Å². The van der Waals surface area contributed by atoms with Crippen molar-refractivity contribution in [1.82, 2.24) is 4.98 Å². The molecular weight excluding hydrogens is 297 g/mol. The Kier molecular flexibility index (Phi) is 5.80. The predicted octanol–water partition coefficient (Wildman–Crippen LogP) is 2.55. The van der Waals surface area contributed by atoms with Crippen LogP contribution >= 0.6 is 24.8 Å². The van der Waals surface area contributed by atoms with Crippen LogP contribution in [0.3, 0.4) is 0 Å². The molecular formula is C14H21Cl2N3O. The zero-order chi connectivity index (χ0) is 12.7. The second kappa shape index (κ2) is 6.74. The molecule has 0 saturated heterocycles. The second-order valence-corrected chi connectivity index (χ2v) is 5.56. The summed E-state index contributed by atoms with van der Waals surface area (Å²) in [6.07, 6.45) is 5.21. The van der Waals surface area contributed by atoms with Crippen LogP contribution in [0.25, 0.3) is 0 Å². The molecule has 4 unspecified atom stereocenters. The lowest BCUT2D eigenvalue weighted by atomic mass is 9.84. The Hall–Kier alpha value is -0.840. The van der Waals surface area contributed by atoms with E-state index in [0.717, 1.165) is 24.2 Å². The maximum Gasteiger partial charge on any atom is 0.229 e. The highest BCUT2D eigenvalue weighted by atomic mass is 35.5. The van der Waals surface area contributed by atoms with Crippen molar-refractivity contribution in [3.63, 3.8) is 0 Å². The van der Waals surface area contributed by atoms with Crippen LogP contribution in [0.2, 0.25) is 0 Å². The number of anilines is 1. The minimum atomic E-state index is -0.0108. The van der Waals surface area contributed by atoms with Gasteiger partial charge in [0.2, 0.25) is 5.91 Å². The number of nitrogens with zero attached hydrogens (tertiary/aromatic N) is 1. The summed E-state index contributed by atoms with van der Waals surface area (Å²) in [6, 6.07) is 3.77. The number of halogens is 2. The van der Waals surface area contributed by atoms with Gasteiger partial charge >= 0.3 is 0 Å². The molecule has 0 spiro atoms. The van der Waals surface area contributed by atoms with Crippen molar-refractivity contribution >= 4 is 36.4 Å². The first-order valence-electron chi connectivity index (χ1n) is 6.65. The van der Waals surface area contributed by atoms with E-state index in [2.05, 4.69) is 10.3 Å². The molecule has 112 valence electrons. The first-order chi connectivity index (χ1) is 8.66. The smallest absolute Gasteiger partial charge is 0.229 e. The summed E-state index contributed by atoms with van der Waals surface area (Å²) in [5, 5.41) is 2.99. The number of aryl methyl sites for hydroxylation is 1. The monoisotopic (exact) mass is 317 g/mol. The van der Waals surface area contributed by atoms with E-state index < -0.39 is 0 Å². The number of pyridine rings is 1. The van der Waals surface area contributed by atoms with Gasteiger partial charge in [-0.1, -0.05) is 0 Å². The first-order valence-corrected chi connectivity index (χ1v) is 6.65. The summed E-state index contributed by atoms with van der Waals surface area (Å²) in [6.45, 7) is 1.90. The number of nitrogens with two attached hydrogens (primary N) is 1. The van der Waals surface area contributed by atoms with E-state index in [1.807, 2.05) is 19.1 Å². The molecule has 3 N–H and O–H groups in total. The minimum Gasteiger partial charge on any atom is -0.327 e. The molecule has 2 fully saturated rings. The summed E-state index contributed by atoms with van der Waals surface area (Å²) in [5.74, 6) is 1.11. The van der Waals surface area contributed by atoms with Crippen LogP contribution in [0.5, 0.6) is 0 Å². The molecule has 0 aromatic carbocycles. The molecule has 2 saturated carbocycles. The maximum absolute atomic E-state index is 12.3. The van der Waals surface area contributed by atoms with Crippen LogP contribution in [0, 0.1) is 24.7 Å². The lowest BCUT2D eigenvalue weighted by Crippen LogP contribution is -2.42. The summed E-state index contributed by atoms with van der Waals surface area (Å²) in [4.78, 5) is 16.5.